The summed E-state index contributed by atoms with van der Waals surface area (Å²) in [5.74, 6) is 0. The molecule has 1 unspecified atom stereocenters. The fourth-order valence-corrected chi connectivity index (χ4v) is 3.89. The van der Waals surface area contributed by atoms with E-state index in [0.29, 0.717) is 0 Å². The number of fused-ring (bicyclic) bond motifs is 1. The first kappa shape index (κ1) is 11.2. The van der Waals surface area contributed by atoms with Gasteiger partial charge in [-0.2, -0.15) is 0 Å². The Hall–Kier alpha value is -1.61. The molecule has 2 aromatic rings. The van der Waals surface area contributed by atoms with Gasteiger partial charge in [-0.15, -0.1) is 11.3 Å². The molecule has 0 bridgehead atoms. The van der Waals surface area contributed by atoms with Gasteiger partial charge in [0.2, 0.25) is 0 Å². The topological polar surface area (TPSA) is 24.4 Å². The number of rotatable bonds is 1. The van der Waals surface area contributed by atoms with E-state index >= 15 is 0 Å². The zero-order valence-corrected chi connectivity index (χ0v) is 11.5. The highest BCUT2D eigenvalue weighted by atomic mass is 32.1. The summed E-state index contributed by atoms with van der Waals surface area (Å²) in [6.07, 6.45) is 5.34. The molecule has 0 fully saturated rings. The largest absolute Gasteiger partial charge is 0.369 e. The minimum Gasteiger partial charge on any atom is -0.369 e. The molecule has 0 saturated heterocycles. The quantitative estimate of drug-likeness (QED) is 0.843. The van der Waals surface area contributed by atoms with Crippen molar-refractivity contribution in [3.63, 3.8) is 0 Å². The molecule has 1 aromatic carbocycles. The minimum atomic E-state index is 0.196. The van der Waals surface area contributed by atoms with Gasteiger partial charge in [-0.1, -0.05) is 18.2 Å². The molecular formula is C16H16N2S. The highest BCUT2D eigenvalue weighted by molar-refractivity contribution is 7.13. The van der Waals surface area contributed by atoms with Crippen molar-refractivity contribution >= 4 is 17.7 Å². The summed E-state index contributed by atoms with van der Waals surface area (Å²) in [6.45, 7) is 0.926. The number of benzene rings is 1. The number of thiophene rings is 1. The van der Waals surface area contributed by atoms with Crippen molar-refractivity contribution in [1.82, 2.24) is 5.32 Å². The second-order valence-corrected chi connectivity index (χ2v) is 6.48. The van der Waals surface area contributed by atoms with Crippen molar-refractivity contribution in [3.8, 4) is 10.4 Å². The van der Waals surface area contributed by atoms with Gasteiger partial charge < -0.3 is 5.32 Å². The van der Waals surface area contributed by atoms with Crippen LogP contribution in [-0.4, -0.2) is 18.4 Å². The van der Waals surface area contributed by atoms with E-state index in [-0.39, 0.29) is 5.54 Å². The molecule has 0 radical (unpaired) electrons. The van der Waals surface area contributed by atoms with Gasteiger partial charge in [0.05, 0.1) is 18.4 Å². The maximum atomic E-state index is 4.37. The fourth-order valence-electron chi connectivity index (χ4n) is 3.16. The van der Waals surface area contributed by atoms with E-state index in [1.165, 1.54) is 28.0 Å². The molecule has 1 spiro atoms. The third-order valence-corrected chi connectivity index (χ3v) is 5.19. The van der Waals surface area contributed by atoms with Gasteiger partial charge in [-0.3, -0.25) is 4.99 Å². The van der Waals surface area contributed by atoms with Crippen LogP contribution >= 0.6 is 11.3 Å². The second-order valence-electron chi connectivity index (χ2n) is 5.53. The van der Waals surface area contributed by atoms with Crippen LogP contribution in [0.5, 0.6) is 0 Å². The zero-order chi connectivity index (χ0) is 12.7. The zero-order valence-electron chi connectivity index (χ0n) is 10.7. The Labute approximate surface area is 117 Å². The van der Waals surface area contributed by atoms with Crippen LogP contribution in [0.3, 0.4) is 0 Å². The standard InChI is InChI=1S/C16H16N2S/c1-2-15(19-7-1)13-4-3-12-5-6-16(9-14(12)8-13)10-17-11-18-16/h1-4,7-8,11H,5-6,9-10H2,(H,17,18). The normalized spacial score (nSPS) is 24.4. The van der Waals surface area contributed by atoms with Crippen LogP contribution in [0.2, 0.25) is 0 Å². The molecular weight excluding hydrogens is 252 g/mol. The number of aliphatic imine (C=N–C) groups is 1. The molecule has 19 heavy (non-hydrogen) atoms. The van der Waals surface area contributed by atoms with Crippen molar-refractivity contribution in [2.24, 2.45) is 4.99 Å². The Bertz CT molecular complexity index is 620. The van der Waals surface area contributed by atoms with Gasteiger partial charge >= 0.3 is 0 Å². The minimum absolute atomic E-state index is 0.196. The lowest BCUT2D eigenvalue weighted by Crippen LogP contribution is -2.47. The lowest BCUT2D eigenvalue weighted by Gasteiger charge is -2.34. The van der Waals surface area contributed by atoms with Crippen molar-refractivity contribution in [2.45, 2.75) is 24.8 Å². The van der Waals surface area contributed by atoms with Gasteiger partial charge in [0.25, 0.3) is 0 Å². The Balaban J connectivity index is 1.71. The highest BCUT2D eigenvalue weighted by Crippen LogP contribution is 2.34. The summed E-state index contributed by atoms with van der Waals surface area (Å²) in [6, 6.07) is 11.3. The Morgan fingerprint density at radius 2 is 2.21 bits per heavy atom. The summed E-state index contributed by atoms with van der Waals surface area (Å²) in [7, 11) is 0. The average Bonchev–Trinajstić information content (AvgIpc) is 3.10. The first-order valence-corrected chi connectivity index (χ1v) is 7.64. The molecule has 1 aliphatic heterocycles. The Morgan fingerprint density at radius 3 is 3.00 bits per heavy atom. The maximum absolute atomic E-state index is 4.37. The van der Waals surface area contributed by atoms with Crippen LogP contribution in [0.4, 0.5) is 0 Å². The van der Waals surface area contributed by atoms with Crippen molar-refractivity contribution in [1.29, 1.82) is 0 Å². The molecule has 4 rings (SSSR count). The van der Waals surface area contributed by atoms with E-state index in [1.807, 2.05) is 17.7 Å². The molecule has 3 heteroatoms. The fraction of sp³-hybridized carbons (Fsp3) is 0.312. The van der Waals surface area contributed by atoms with E-state index in [0.717, 1.165) is 19.4 Å². The monoisotopic (exact) mass is 268 g/mol. The average molecular weight is 268 g/mol. The number of hydrogen-bond donors (Lipinski definition) is 1. The van der Waals surface area contributed by atoms with Crippen LogP contribution < -0.4 is 5.32 Å². The molecule has 2 aliphatic rings. The van der Waals surface area contributed by atoms with Crippen LogP contribution in [0.1, 0.15) is 17.5 Å². The smallest absolute Gasteiger partial charge is 0.0829 e. The Morgan fingerprint density at radius 1 is 1.21 bits per heavy atom. The first-order valence-electron chi connectivity index (χ1n) is 6.76. The first-order chi connectivity index (χ1) is 9.35. The van der Waals surface area contributed by atoms with Gasteiger partial charge in [0, 0.05) is 4.88 Å². The third kappa shape index (κ3) is 1.89. The second kappa shape index (κ2) is 4.20. The number of hydrogen-bond acceptors (Lipinski definition) is 3. The third-order valence-electron chi connectivity index (χ3n) is 4.27. The van der Waals surface area contributed by atoms with Crippen LogP contribution in [-0.2, 0) is 12.8 Å². The number of nitrogens with zero attached hydrogens (tertiary/aromatic N) is 1. The van der Waals surface area contributed by atoms with Gasteiger partial charge in [-0.25, -0.2) is 0 Å². The Kier molecular flexibility index (Phi) is 2.49. The summed E-state index contributed by atoms with van der Waals surface area (Å²) >= 11 is 1.81. The van der Waals surface area contributed by atoms with E-state index in [9.17, 15) is 0 Å². The predicted molar refractivity (Wildman–Crippen MR) is 81.0 cm³/mol. The lowest BCUT2D eigenvalue weighted by molar-refractivity contribution is 0.363. The predicted octanol–water partition coefficient (Wildman–Crippen LogP) is 3.27. The summed E-state index contributed by atoms with van der Waals surface area (Å²) < 4.78 is 0. The summed E-state index contributed by atoms with van der Waals surface area (Å²) in [4.78, 5) is 5.73. The molecule has 1 aromatic heterocycles. The van der Waals surface area contributed by atoms with Crippen LogP contribution in [0.25, 0.3) is 10.4 Å². The van der Waals surface area contributed by atoms with E-state index < -0.39 is 0 Å². The van der Waals surface area contributed by atoms with E-state index in [1.54, 1.807) is 0 Å². The van der Waals surface area contributed by atoms with Gasteiger partial charge in [-0.05, 0) is 53.5 Å². The molecule has 0 saturated carbocycles. The number of nitrogens with one attached hydrogen (secondary N) is 1. The van der Waals surface area contributed by atoms with Gasteiger partial charge in [0.1, 0.15) is 0 Å². The van der Waals surface area contributed by atoms with Crippen LogP contribution in [0.15, 0.2) is 40.7 Å². The molecule has 2 heterocycles. The molecule has 2 nitrogen and oxygen atoms in total. The summed E-state index contributed by atoms with van der Waals surface area (Å²) in [5.41, 5.74) is 4.56. The molecule has 1 aliphatic carbocycles. The van der Waals surface area contributed by atoms with Crippen molar-refractivity contribution in [2.75, 3.05) is 6.54 Å². The molecule has 96 valence electrons. The van der Waals surface area contributed by atoms with Crippen molar-refractivity contribution in [3.05, 3.63) is 46.8 Å². The van der Waals surface area contributed by atoms with Crippen LogP contribution in [0, 0.1) is 0 Å². The lowest BCUT2D eigenvalue weighted by atomic mass is 9.78. The maximum Gasteiger partial charge on any atom is 0.0829 e. The molecule has 0 amide bonds. The van der Waals surface area contributed by atoms with E-state index in [2.05, 4.69) is 46.0 Å². The van der Waals surface area contributed by atoms with Gasteiger partial charge in [0.15, 0.2) is 0 Å². The number of aryl methyl sites for hydroxylation is 1. The highest BCUT2D eigenvalue weighted by Gasteiger charge is 2.35. The summed E-state index contributed by atoms with van der Waals surface area (Å²) in [5, 5.41) is 5.62. The molecule has 1 N–H and O–H groups in total. The SMILES string of the molecule is C1=NCC2(CCc3ccc(-c4cccs4)cc3C2)N1. The van der Waals surface area contributed by atoms with E-state index in [4.69, 9.17) is 0 Å². The van der Waals surface area contributed by atoms with Crippen molar-refractivity contribution < 1.29 is 0 Å². The molecule has 1 atom stereocenters.